The van der Waals surface area contributed by atoms with Crippen LogP contribution in [0.15, 0.2) is 0 Å². The number of hydrogen-bond acceptors (Lipinski definition) is 5. The van der Waals surface area contributed by atoms with Crippen LogP contribution >= 0.6 is 22.9 Å². The van der Waals surface area contributed by atoms with Crippen LogP contribution in [0.5, 0.6) is 0 Å². The number of aromatic nitrogens is 2. The van der Waals surface area contributed by atoms with E-state index in [9.17, 15) is 0 Å². The monoisotopic (exact) mass is 320 g/mol. The van der Waals surface area contributed by atoms with E-state index >= 15 is 0 Å². The maximum Gasteiger partial charge on any atom is 0.145 e. The maximum atomic E-state index is 8.77. The van der Waals surface area contributed by atoms with Crippen LogP contribution in [0.1, 0.15) is 35.5 Å². The van der Waals surface area contributed by atoms with E-state index in [1.165, 1.54) is 23.3 Å². The van der Waals surface area contributed by atoms with E-state index in [1.54, 1.807) is 11.3 Å². The fourth-order valence-corrected chi connectivity index (χ4v) is 3.95. The second kappa shape index (κ2) is 5.88. The van der Waals surface area contributed by atoms with Crippen LogP contribution in [0, 0.1) is 25.2 Å². The van der Waals surface area contributed by atoms with Crippen molar-refractivity contribution in [3.63, 3.8) is 0 Å². The van der Waals surface area contributed by atoms with Crippen molar-refractivity contribution in [3.8, 4) is 6.07 Å². The van der Waals surface area contributed by atoms with Crippen molar-refractivity contribution in [1.82, 2.24) is 14.9 Å². The average Bonchev–Trinajstić information content (AvgIpc) is 3.23. The third-order valence-electron chi connectivity index (χ3n) is 3.95. The fourth-order valence-electron chi connectivity index (χ4n) is 2.52. The fraction of sp³-hybridized carbons (Fsp3) is 0.533. The summed E-state index contributed by atoms with van der Waals surface area (Å²) in [5.74, 6) is 0.763. The molecule has 1 aliphatic rings. The van der Waals surface area contributed by atoms with E-state index in [4.69, 9.17) is 16.9 Å². The Morgan fingerprint density at radius 3 is 2.81 bits per heavy atom. The minimum Gasteiger partial charge on any atom is -0.292 e. The highest BCUT2D eigenvalue weighted by molar-refractivity contribution is 7.18. The number of nitriles is 1. The van der Waals surface area contributed by atoms with Crippen LogP contribution < -0.4 is 0 Å². The molecule has 1 aliphatic carbocycles. The summed E-state index contributed by atoms with van der Waals surface area (Å²) in [4.78, 5) is 13.7. The van der Waals surface area contributed by atoms with Crippen LogP contribution in [0.4, 0.5) is 0 Å². The molecule has 1 saturated carbocycles. The Balaban J connectivity index is 1.88. The number of rotatable bonds is 5. The highest BCUT2D eigenvalue weighted by Crippen LogP contribution is 2.34. The lowest BCUT2D eigenvalue weighted by molar-refractivity contribution is 0.254. The lowest BCUT2D eigenvalue weighted by atomic mass is 10.2. The Labute approximate surface area is 133 Å². The summed E-state index contributed by atoms with van der Waals surface area (Å²) in [5, 5.41) is 10.3. The smallest absolute Gasteiger partial charge is 0.145 e. The van der Waals surface area contributed by atoms with Crippen LogP contribution in [-0.4, -0.2) is 27.5 Å². The Bertz CT molecular complexity index is 715. The first kappa shape index (κ1) is 14.7. The van der Waals surface area contributed by atoms with Crippen LogP contribution in [-0.2, 0) is 6.54 Å². The summed E-state index contributed by atoms with van der Waals surface area (Å²) < 4.78 is 0. The summed E-state index contributed by atoms with van der Waals surface area (Å²) in [6.07, 6.45) is 2.96. The van der Waals surface area contributed by atoms with E-state index < -0.39 is 0 Å². The molecule has 3 rings (SSSR count). The van der Waals surface area contributed by atoms with E-state index in [-0.39, 0.29) is 0 Å². The zero-order valence-corrected chi connectivity index (χ0v) is 13.8. The molecule has 0 aliphatic heterocycles. The van der Waals surface area contributed by atoms with Gasteiger partial charge in [-0.05, 0) is 32.3 Å². The Hall–Kier alpha value is -1.22. The van der Waals surface area contributed by atoms with Gasteiger partial charge in [-0.3, -0.25) is 4.90 Å². The first-order valence-corrected chi connectivity index (χ1v) is 8.32. The molecule has 2 aromatic heterocycles. The molecule has 0 spiro atoms. The Kier molecular flexibility index (Phi) is 4.12. The van der Waals surface area contributed by atoms with Gasteiger partial charge in [0.25, 0.3) is 0 Å². The van der Waals surface area contributed by atoms with Crippen molar-refractivity contribution in [1.29, 1.82) is 5.26 Å². The van der Waals surface area contributed by atoms with Crippen molar-refractivity contribution in [3.05, 3.63) is 21.4 Å². The number of nitrogens with zero attached hydrogens (tertiary/aromatic N) is 4. The van der Waals surface area contributed by atoms with E-state index in [0.717, 1.165) is 22.6 Å². The van der Waals surface area contributed by atoms with Gasteiger partial charge in [-0.1, -0.05) is 11.6 Å². The summed E-state index contributed by atoms with van der Waals surface area (Å²) in [7, 11) is 0. The first-order valence-electron chi connectivity index (χ1n) is 7.13. The quantitative estimate of drug-likeness (QED) is 0.785. The normalized spacial score (nSPS) is 14.8. The van der Waals surface area contributed by atoms with Gasteiger partial charge in [-0.15, -0.1) is 11.3 Å². The number of thiophene rings is 1. The van der Waals surface area contributed by atoms with Crippen molar-refractivity contribution in [2.45, 2.75) is 45.7 Å². The first-order chi connectivity index (χ1) is 10.1. The Morgan fingerprint density at radius 2 is 2.14 bits per heavy atom. The van der Waals surface area contributed by atoms with Crippen LogP contribution in [0.3, 0.4) is 0 Å². The average molecular weight is 321 g/mol. The van der Waals surface area contributed by atoms with Gasteiger partial charge >= 0.3 is 0 Å². The van der Waals surface area contributed by atoms with E-state index in [1.807, 2.05) is 0 Å². The SMILES string of the molecule is Cc1sc2nc(CN(CCC#N)C3CC3)nc(Cl)c2c1C. The summed E-state index contributed by atoms with van der Waals surface area (Å²) in [6.45, 7) is 5.61. The van der Waals surface area contributed by atoms with Crippen molar-refractivity contribution < 1.29 is 0 Å². The molecule has 0 unspecified atom stereocenters. The third-order valence-corrected chi connectivity index (χ3v) is 5.32. The lowest BCUT2D eigenvalue weighted by Gasteiger charge is -2.19. The van der Waals surface area contributed by atoms with Gasteiger partial charge in [0.1, 0.15) is 15.8 Å². The largest absolute Gasteiger partial charge is 0.292 e. The Morgan fingerprint density at radius 1 is 1.38 bits per heavy atom. The molecule has 110 valence electrons. The van der Waals surface area contributed by atoms with Gasteiger partial charge in [0.15, 0.2) is 0 Å². The number of fused-ring (bicyclic) bond motifs is 1. The van der Waals surface area contributed by atoms with Crippen LogP contribution in [0.25, 0.3) is 10.2 Å². The van der Waals surface area contributed by atoms with Crippen molar-refractivity contribution in [2.75, 3.05) is 6.54 Å². The standard InChI is InChI=1S/C15H17ClN4S/c1-9-10(2)21-15-13(9)14(16)18-12(19-15)8-20(7-3-6-17)11-4-5-11/h11H,3-5,7-8H2,1-2H3. The predicted molar refractivity (Wildman–Crippen MR) is 85.6 cm³/mol. The van der Waals surface area contributed by atoms with Gasteiger partial charge in [0.05, 0.1) is 18.0 Å². The molecule has 21 heavy (non-hydrogen) atoms. The van der Waals surface area contributed by atoms with Crippen LogP contribution in [0.2, 0.25) is 5.15 Å². The molecule has 2 heterocycles. The molecule has 2 aromatic rings. The molecule has 6 heteroatoms. The molecular formula is C15H17ClN4S. The molecule has 0 saturated heterocycles. The molecule has 4 nitrogen and oxygen atoms in total. The number of halogens is 1. The lowest BCUT2D eigenvalue weighted by Crippen LogP contribution is -2.27. The third kappa shape index (κ3) is 3.03. The van der Waals surface area contributed by atoms with E-state index in [0.29, 0.717) is 24.2 Å². The molecule has 0 atom stereocenters. The van der Waals surface area contributed by atoms with E-state index in [2.05, 4.69) is 34.8 Å². The molecule has 0 N–H and O–H groups in total. The maximum absolute atomic E-state index is 8.77. The highest BCUT2D eigenvalue weighted by atomic mass is 35.5. The van der Waals surface area contributed by atoms with Crippen molar-refractivity contribution in [2.24, 2.45) is 0 Å². The zero-order valence-electron chi connectivity index (χ0n) is 12.2. The topological polar surface area (TPSA) is 52.8 Å². The van der Waals surface area contributed by atoms with Gasteiger partial charge in [0, 0.05) is 23.9 Å². The molecule has 0 bridgehead atoms. The van der Waals surface area contributed by atoms with Gasteiger partial charge < -0.3 is 0 Å². The van der Waals surface area contributed by atoms with Gasteiger partial charge in [-0.25, -0.2) is 9.97 Å². The number of aryl methyl sites for hydroxylation is 2. The predicted octanol–water partition coefficient (Wildman–Crippen LogP) is 3.84. The second-order valence-corrected chi connectivity index (χ2v) is 7.07. The molecule has 1 fully saturated rings. The van der Waals surface area contributed by atoms with Crippen molar-refractivity contribution >= 4 is 33.2 Å². The second-order valence-electron chi connectivity index (χ2n) is 5.50. The molecule has 0 aromatic carbocycles. The van der Waals surface area contributed by atoms with Gasteiger partial charge in [0.2, 0.25) is 0 Å². The summed E-state index contributed by atoms with van der Waals surface area (Å²) >= 11 is 8.02. The minimum absolute atomic E-state index is 0.545. The number of hydrogen-bond donors (Lipinski definition) is 0. The minimum atomic E-state index is 0.545. The zero-order chi connectivity index (χ0) is 15.0. The summed E-state index contributed by atoms with van der Waals surface area (Å²) in [6, 6.07) is 2.80. The van der Waals surface area contributed by atoms with Gasteiger partial charge in [-0.2, -0.15) is 5.26 Å². The molecule has 0 radical (unpaired) electrons. The molecule has 0 amide bonds. The summed E-state index contributed by atoms with van der Waals surface area (Å²) in [5.41, 5.74) is 1.18. The highest BCUT2D eigenvalue weighted by Gasteiger charge is 2.29. The molecular weight excluding hydrogens is 304 g/mol.